The van der Waals surface area contributed by atoms with Crippen LogP contribution in [0.3, 0.4) is 0 Å². The number of aryl methyl sites for hydroxylation is 1. The number of carbonyl (C=O) groups excluding carboxylic acids is 2. The van der Waals surface area contributed by atoms with Crippen LogP contribution in [0.5, 0.6) is 5.75 Å². The Bertz CT molecular complexity index is 885. The van der Waals surface area contributed by atoms with Crippen molar-refractivity contribution in [3.05, 3.63) is 59.7 Å². The molecule has 8 heteroatoms. The van der Waals surface area contributed by atoms with Crippen LogP contribution in [0.15, 0.2) is 48.5 Å². The van der Waals surface area contributed by atoms with Crippen LogP contribution in [-0.4, -0.2) is 55.7 Å². The summed E-state index contributed by atoms with van der Waals surface area (Å²) in [6.07, 6.45) is 1.13. The minimum atomic E-state index is -0.327. The van der Waals surface area contributed by atoms with Crippen molar-refractivity contribution in [2.45, 2.75) is 19.8 Å². The molecular formula is C23H29N3O4S. The van der Waals surface area contributed by atoms with Gasteiger partial charge in [0, 0.05) is 38.4 Å². The zero-order valence-corrected chi connectivity index (χ0v) is 19.0. The molecule has 0 atom stereocenters. The third-order valence-corrected chi connectivity index (χ3v) is 4.57. The molecule has 166 valence electrons. The van der Waals surface area contributed by atoms with E-state index in [0.29, 0.717) is 44.0 Å². The first kappa shape index (κ1) is 24.3. The van der Waals surface area contributed by atoms with Crippen LogP contribution < -0.4 is 15.4 Å². The van der Waals surface area contributed by atoms with E-state index in [1.165, 1.54) is 0 Å². The number of nitrogens with zero attached hydrogens (tertiary/aromatic N) is 1. The summed E-state index contributed by atoms with van der Waals surface area (Å²) in [5, 5.41) is 5.86. The van der Waals surface area contributed by atoms with Crippen molar-refractivity contribution in [2.75, 3.05) is 39.2 Å². The number of anilines is 1. The molecule has 0 fully saturated rings. The molecule has 31 heavy (non-hydrogen) atoms. The lowest BCUT2D eigenvalue weighted by Gasteiger charge is -2.12. The number of benzene rings is 2. The quantitative estimate of drug-likeness (QED) is 0.434. The molecule has 0 bridgehead atoms. The van der Waals surface area contributed by atoms with Crippen molar-refractivity contribution in [2.24, 2.45) is 0 Å². The van der Waals surface area contributed by atoms with Gasteiger partial charge in [0.2, 0.25) is 5.91 Å². The van der Waals surface area contributed by atoms with Crippen LogP contribution in [0.25, 0.3) is 0 Å². The predicted molar refractivity (Wildman–Crippen MR) is 126 cm³/mol. The highest BCUT2D eigenvalue weighted by molar-refractivity contribution is 7.80. The summed E-state index contributed by atoms with van der Waals surface area (Å²) in [7, 11) is 3.49. The van der Waals surface area contributed by atoms with Crippen LogP contribution in [0.1, 0.15) is 29.3 Å². The monoisotopic (exact) mass is 443 g/mol. The molecule has 7 nitrogen and oxygen atoms in total. The predicted octanol–water partition coefficient (Wildman–Crippen LogP) is 3.25. The Morgan fingerprint density at radius 2 is 1.81 bits per heavy atom. The standard InChI is InChI=1S/C23H29N3O4S/c1-4-29-14-15-30-20-7-5-6-18(16-20)22(28)25-23(31)24-19-11-8-17(9-12-19)10-13-21(27)26(2)3/h5-9,11-12,16H,4,10,13-15H2,1-3H3,(H2,24,25,28,31). The molecule has 0 saturated heterocycles. The van der Waals surface area contributed by atoms with Gasteiger partial charge in [-0.2, -0.15) is 0 Å². The Labute approximate surface area is 188 Å². The fraction of sp³-hybridized carbons (Fsp3) is 0.348. The van der Waals surface area contributed by atoms with Crippen molar-refractivity contribution in [1.82, 2.24) is 10.2 Å². The van der Waals surface area contributed by atoms with E-state index < -0.39 is 0 Å². The largest absolute Gasteiger partial charge is 0.491 e. The van der Waals surface area contributed by atoms with Crippen LogP contribution in [-0.2, 0) is 16.0 Å². The van der Waals surface area contributed by atoms with Crippen molar-refractivity contribution in [3.8, 4) is 5.75 Å². The van der Waals surface area contributed by atoms with Crippen molar-refractivity contribution >= 4 is 34.8 Å². The first-order valence-corrected chi connectivity index (χ1v) is 10.5. The summed E-state index contributed by atoms with van der Waals surface area (Å²) in [6, 6.07) is 14.5. The summed E-state index contributed by atoms with van der Waals surface area (Å²) in [6.45, 7) is 3.46. The number of hydrogen-bond acceptors (Lipinski definition) is 5. The average molecular weight is 444 g/mol. The third kappa shape index (κ3) is 8.74. The fourth-order valence-corrected chi connectivity index (χ4v) is 2.87. The second-order valence-corrected chi connectivity index (χ2v) is 7.37. The van der Waals surface area contributed by atoms with E-state index in [4.69, 9.17) is 21.7 Å². The van der Waals surface area contributed by atoms with Crippen molar-refractivity contribution < 1.29 is 19.1 Å². The van der Waals surface area contributed by atoms with Gasteiger partial charge in [0.05, 0.1) is 6.61 Å². The molecule has 0 aliphatic rings. The second-order valence-electron chi connectivity index (χ2n) is 6.97. The number of thiocarbonyl (C=S) groups is 1. The normalized spacial score (nSPS) is 10.3. The highest BCUT2D eigenvalue weighted by Crippen LogP contribution is 2.14. The molecule has 0 saturated carbocycles. The smallest absolute Gasteiger partial charge is 0.257 e. The van der Waals surface area contributed by atoms with E-state index in [2.05, 4.69) is 10.6 Å². The third-order valence-electron chi connectivity index (χ3n) is 4.36. The van der Waals surface area contributed by atoms with E-state index >= 15 is 0 Å². The van der Waals surface area contributed by atoms with E-state index in [1.54, 1.807) is 43.3 Å². The van der Waals surface area contributed by atoms with Gasteiger partial charge in [-0.05, 0) is 61.5 Å². The van der Waals surface area contributed by atoms with Gasteiger partial charge in [-0.25, -0.2) is 0 Å². The van der Waals surface area contributed by atoms with Gasteiger partial charge < -0.3 is 19.7 Å². The average Bonchev–Trinajstić information content (AvgIpc) is 2.76. The van der Waals surface area contributed by atoms with Gasteiger partial charge >= 0.3 is 0 Å². The maximum atomic E-state index is 12.5. The maximum absolute atomic E-state index is 12.5. The Balaban J connectivity index is 1.84. The van der Waals surface area contributed by atoms with Gasteiger partial charge in [0.1, 0.15) is 12.4 Å². The molecule has 2 aromatic rings. The first-order chi connectivity index (χ1) is 14.9. The number of carbonyl (C=O) groups is 2. The summed E-state index contributed by atoms with van der Waals surface area (Å²) in [5.74, 6) is 0.357. The lowest BCUT2D eigenvalue weighted by atomic mass is 10.1. The number of nitrogens with one attached hydrogen (secondary N) is 2. The maximum Gasteiger partial charge on any atom is 0.257 e. The van der Waals surface area contributed by atoms with Gasteiger partial charge in [-0.15, -0.1) is 0 Å². The molecule has 0 aliphatic heterocycles. The van der Waals surface area contributed by atoms with Crippen LogP contribution in [0.4, 0.5) is 5.69 Å². The van der Waals surface area contributed by atoms with E-state index in [1.807, 2.05) is 31.2 Å². The summed E-state index contributed by atoms with van der Waals surface area (Å²) in [5.41, 5.74) is 2.25. The summed E-state index contributed by atoms with van der Waals surface area (Å²) in [4.78, 5) is 25.8. The van der Waals surface area contributed by atoms with Gasteiger partial charge in [0.25, 0.3) is 5.91 Å². The summed E-state index contributed by atoms with van der Waals surface area (Å²) < 4.78 is 10.8. The van der Waals surface area contributed by atoms with E-state index in [9.17, 15) is 9.59 Å². The van der Waals surface area contributed by atoms with Crippen LogP contribution in [0.2, 0.25) is 0 Å². The topological polar surface area (TPSA) is 79.9 Å². The second kappa shape index (κ2) is 12.7. The number of hydrogen-bond donors (Lipinski definition) is 2. The molecule has 0 unspecified atom stereocenters. The van der Waals surface area contributed by atoms with Gasteiger partial charge in [0.15, 0.2) is 5.11 Å². The highest BCUT2D eigenvalue weighted by Gasteiger charge is 2.10. The molecule has 2 amide bonds. The van der Waals surface area contributed by atoms with Crippen LogP contribution in [0, 0.1) is 0 Å². The lowest BCUT2D eigenvalue weighted by Crippen LogP contribution is -2.34. The first-order valence-electron chi connectivity index (χ1n) is 10.1. The zero-order chi connectivity index (χ0) is 22.6. The molecule has 2 aromatic carbocycles. The number of amides is 2. The fourth-order valence-electron chi connectivity index (χ4n) is 2.66. The zero-order valence-electron chi connectivity index (χ0n) is 18.1. The highest BCUT2D eigenvalue weighted by atomic mass is 32.1. The molecule has 0 radical (unpaired) electrons. The van der Waals surface area contributed by atoms with E-state index in [-0.39, 0.29) is 16.9 Å². The molecule has 0 aromatic heterocycles. The molecule has 2 rings (SSSR count). The van der Waals surface area contributed by atoms with Crippen LogP contribution >= 0.6 is 12.2 Å². The van der Waals surface area contributed by atoms with Crippen molar-refractivity contribution in [1.29, 1.82) is 0 Å². The minimum Gasteiger partial charge on any atom is -0.491 e. The Morgan fingerprint density at radius 3 is 2.48 bits per heavy atom. The molecule has 0 aliphatic carbocycles. The summed E-state index contributed by atoms with van der Waals surface area (Å²) >= 11 is 5.25. The molecule has 0 spiro atoms. The van der Waals surface area contributed by atoms with Gasteiger partial charge in [-0.1, -0.05) is 18.2 Å². The number of ether oxygens (including phenoxy) is 2. The Morgan fingerprint density at radius 1 is 1.06 bits per heavy atom. The minimum absolute atomic E-state index is 0.0925. The van der Waals surface area contributed by atoms with Gasteiger partial charge in [-0.3, -0.25) is 14.9 Å². The van der Waals surface area contributed by atoms with Crippen molar-refractivity contribution in [3.63, 3.8) is 0 Å². The SMILES string of the molecule is CCOCCOc1cccc(C(=O)NC(=S)Nc2ccc(CCC(=O)N(C)C)cc2)c1. The molecular weight excluding hydrogens is 414 g/mol. The Kier molecular flexibility index (Phi) is 9.93. The molecule has 2 N–H and O–H groups in total. The lowest BCUT2D eigenvalue weighted by molar-refractivity contribution is -0.128. The molecule has 0 heterocycles. The number of rotatable bonds is 10. The van der Waals surface area contributed by atoms with E-state index in [0.717, 1.165) is 11.3 Å². The Hall–Kier alpha value is -2.97.